The highest BCUT2D eigenvalue weighted by Gasteiger charge is 2.70. The predicted octanol–water partition coefficient (Wildman–Crippen LogP) is 5.53. The fraction of sp³-hybridized carbons (Fsp3) is 0.577. The van der Waals surface area contributed by atoms with Gasteiger partial charge in [0.1, 0.15) is 11.7 Å². The summed E-state index contributed by atoms with van der Waals surface area (Å²) in [6.07, 6.45) is 2.53. The molecule has 4 nitrogen and oxygen atoms in total. The van der Waals surface area contributed by atoms with Crippen LogP contribution in [0.4, 0.5) is 0 Å². The SMILES string of the molecule is CC(C)CC12CC(O)C(C)(O1)C1CCC(I)C1C2OC(=O)c1ccc2ccccc2c1. The van der Waals surface area contributed by atoms with Crippen LogP contribution in [0.25, 0.3) is 10.8 Å². The maximum Gasteiger partial charge on any atom is 0.338 e. The van der Waals surface area contributed by atoms with Crippen molar-refractivity contribution in [3.63, 3.8) is 0 Å². The molecule has 7 unspecified atom stereocenters. The Labute approximate surface area is 197 Å². The molecule has 1 aliphatic carbocycles. The van der Waals surface area contributed by atoms with Crippen molar-refractivity contribution < 1.29 is 19.4 Å². The number of halogens is 1. The molecule has 2 aromatic rings. The van der Waals surface area contributed by atoms with Gasteiger partial charge in [-0.25, -0.2) is 4.79 Å². The summed E-state index contributed by atoms with van der Waals surface area (Å²) in [6.45, 7) is 6.42. The number of fused-ring (bicyclic) bond motifs is 5. The fourth-order valence-corrected chi connectivity index (χ4v) is 7.83. The minimum absolute atomic E-state index is 0.208. The molecule has 1 saturated carbocycles. The Bertz CT molecular complexity index is 1010. The van der Waals surface area contributed by atoms with Gasteiger partial charge in [-0.2, -0.15) is 0 Å². The van der Waals surface area contributed by atoms with Crippen LogP contribution in [0, 0.1) is 17.8 Å². The molecule has 2 aliphatic heterocycles. The van der Waals surface area contributed by atoms with Crippen LogP contribution >= 0.6 is 22.6 Å². The van der Waals surface area contributed by atoms with E-state index in [1.54, 1.807) is 0 Å². The fourth-order valence-electron chi connectivity index (χ4n) is 6.59. The van der Waals surface area contributed by atoms with Gasteiger partial charge in [-0.05, 0) is 60.9 Å². The van der Waals surface area contributed by atoms with Crippen molar-refractivity contribution in [1.29, 1.82) is 0 Å². The number of aliphatic hydroxyl groups is 1. The first-order valence-corrected chi connectivity index (χ1v) is 12.7. The Hall–Kier alpha value is -1.18. The van der Waals surface area contributed by atoms with Crippen LogP contribution in [-0.4, -0.2) is 38.4 Å². The van der Waals surface area contributed by atoms with Crippen molar-refractivity contribution in [2.45, 2.75) is 73.8 Å². The molecule has 0 amide bonds. The lowest BCUT2D eigenvalue weighted by Gasteiger charge is -2.51. The number of esters is 1. The number of hydrogen-bond donors (Lipinski definition) is 1. The number of aliphatic hydroxyl groups excluding tert-OH is 1. The lowest BCUT2D eigenvalue weighted by molar-refractivity contribution is -0.243. The van der Waals surface area contributed by atoms with E-state index < -0.39 is 17.3 Å². The molecule has 1 N–H and O–H groups in total. The van der Waals surface area contributed by atoms with Crippen molar-refractivity contribution in [3.05, 3.63) is 48.0 Å². The van der Waals surface area contributed by atoms with Gasteiger partial charge in [0.05, 0.1) is 17.3 Å². The summed E-state index contributed by atoms with van der Waals surface area (Å²) in [4.78, 5) is 13.4. The topological polar surface area (TPSA) is 55.8 Å². The monoisotopic (exact) mass is 534 g/mol. The smallest absolute Gasteiger partial charge is 0.338 e. The van der Waals surface area contributed by atoms with Gasteiger partial charge in [-0.1, -0.05) is 66.8 Å². The maximum atomic E-state index is 13.4. The second kappa shape index (κ2) is 7.70. The van der Waals surface area contributed by atoms with E-state index in [9.17, 15) is 9.90 Å². The maximum absolute atomic E-state index is 13.4. The molecule has 0 radical (unpaired) electrons. The van der Waals surface area contributed by atoms with Crippen LogP contribution in [0.5, 0.6) is 0 Å². The Morgan fingerprint density at radius 1 is 1.23 bits per heavy atom. The second-order valence-corrected chi connectivity index (χ2v) is 11.9. The average molecular weight is 534 g/mol. The number of ether oxygens (including phenoxy) is 2. The minimum Gasteiger partial charge on any atom is -0.455 e. The molecule has 2 bridgehead atoms. The average Bonchev–Trinajstić information content (AvgIpc) is 3.21. The minimum atomic E-state index is -0.621. The van der Waals surface area contributed by atoms with Crippen LogP contribution in [0.1, 0.15) is 56.8 Å². The van der Waals surface area contributed by atoms with Crippen molar-refractivity contribution in [2.75, 3.05) is 0 Å². The van der Waals surface area contributed by atoms with E-state index in [4.69, 9.17) is 9.47 Å². The molecule has 3 aliphatic rings. The normalized spacial score (nSPS) is 39.1. The van der Waals surface area contributed by atoms with E-state index in [1.165, 1.54) is 0 Å². The Morgan fingerprint density at radius 3 is 2.71 bits per heavy atom. The van der Waals surface area contributed by atoms with Gasteiger partial charge in [-0.15, -0.1) is 0 Å². The molecular weight excluding hydrogens is 503 g/mol. The zero-order valence-corrected chi connectivity index (χ0v) is 20.5. The third kappa shape index (κ3) is 3.42. The Balaban J connectivity index is 1.52. The summed E-state index contributed by atoms with van der Waals surface area (Å²) in [5.41, 5.74) is -0.598. The molecule has 0 aromatic heterocycles. The first kappa shape index (κ1) is 21.7. The molecule has 166 valence electrons. The molecule has 2 aromatic carbocycles. The highest BCUT2D eigenvalue weighted by Crippen LogP contribution is 2.62. The zero-order valence-electron chi connectivity index (χ0n) is 18.4. The van der Waals surface area contributed by atoms with Crippen molar-refractivity contribution in [1.82, 2.24) is 0 Å². The van der Waals surface area contributed by atoms with Crippen LogP contribution in [0.15, 0.2) is 42.5 Å². The number of carbonyl (C=O) groups excluding carboxylic acids is 1. The summed E-state index contributed by atoms with van der Waals surface area (Å²) < 4.78 is 13.5. The Kier molecular flexibility index (Phi) is 5.38. The van der Waals surface area contributed by atoms with Crippen LogP contribution < -0.4 is 0 Å². The molecule has 5 heteroatoms. The number of rotatable bonds is 4. The van der Waals surface area contributed by atoms with Crippen LogP contribution in [0.2, 0.25) is 0 Å². The van der Waals surface area contributed by atoms with Crippen LogP contribution in [0.3, 0.4) is 0 Å². The molecule has 0 spiro atoms. The lowest BCUT2D eigenvalue weighted by atomic mass is 9.72. The van der Waals surface area contributed by atoms with Gasteiger partial charge in [0.2, 0.25) is 0 Å². The van der Waals surface area contributed by atoms with E-state index in [1.807, 2.05) is 42.5 Å². The van der Waals surface area contributed by atoms with Gasteiger partial charge < -0.3 is 14.6 Å². The molecule has 2 saturated heterocycles. The molecule has 3 fully saturated rings. The lowest BCUT2D eigenvalue weighted by Crippen LogP contribution is -2.61. The molecular formula is C26H31IO4. The van der Waals surface area contributed by atoms with Gasteiger partial charge in [0.15, 0.2) is 0 Å². The number of alkyl halides is 1. The summed E-state index contributed by atoms with van der Waals surface area (Å²) in [5, 5.41) is 13.2. The second-order valence-electron chi connectivity index (χ2n) is 10.3. The summed E-state index contributed by atoms with van der Waals surface area (Å²) in [5.74, 6) is 0.505. The van der Waals surface area contributed by atoms with Gasteiger partial charge >= 0.3 is 5.97 Å². The molecule has 2 heterocycles. The van der Waals surface area contributed by atoms with E-state index in [0.717, 1.165) is 30.0 Å². The van der Waals surface area contributed by atoms with Gasteiger partial charge in [0, 0.05) is 16.3 Å². The van der Waals surface area contributed by atoms with Crippen molar-refractivity contribution in [3.8, 4) is 0 Å². The summed E-state index contributed by atoms with van der Waals surface area (Å²) >= 11 is 2.53. The van der Waals surface area contributed by atoms with E-state index in [-0.39, 0.29) is 23.9 Å². The third-order valence-electron chi connectivity index (χ3n) is 7.84. The van der Waals surface area contributed by atoms with E-state index in [0.29, 0.717) is 21.8 Å². The highest BCUT2D eigenvalue weighted by atomic mass is 127. The molecule has 5 rings (SSSR count). The van der Waals surface area contributed by atoms with Crippen LogP contribution in [-0.2, 0) is 9.47 Å². The van der Waals surface area contributed by atoms with Gasteiger partial charge in [0.25, 0.3) is 0 Å². The quantitative estimate of drug-likeness (QED) is 0.318. The number of carbonyl (C=O) groups is 1. The Morgan fingerprint density at radius 2 is 1.97 bits per heavy atom. The largest absolute Gasteiger partial charge is 0.455 e. The molecule has 7 atom stereocenters. The number of benzene rings is 2. The predicted molar refractivity (Wildman–Crippen MR) is 129 cm³/mol. The highest BCUT2D eigenvalue weighted by molar-refractivity contribution is 14.1. The summed E-state index contributed by atoms with van der Waals surface area (Å²) in [7, 11) is 0. The molecule has 31 heavy (non-hydrogen) atoms. The third-order valence-corrected chi connectivity index (χ3v) is 9.29. The zero-order chi connectivity index (χ0) is 22.0. The van der Waals surface area contributed by atoms with Crippen molar-refractivity contribution >= 4 is 39.3 Å². The van der Waals surface area contributed by atoms with E-state index >= 15 is 0 Å². The van der Waals surface area contributed by atoms with Crippen molar-refractivity contribution in [2.24, 2.45) is 17.8 Å². The number of hydrogen-bond acceptors (Lipinski definition) is 4. The van der Waals surface area contributed by atoms with Gasteiger partial charge in [-0.3, -0.25) is 0 Å². The first-order valence-electron chi connectivity index (χ1n) is 11.5. The first-order chi connectivity index (χ1) is 14.7. The van der Waals surface area contributed by atoms with E-state index in [2.05, 4.69) is 43.4 Å². The summed E-state index contributed by atoms with van der Waals surface area (Å²) in [6, 6.07) is 13.8. The standard InChI is InChI=1S/C26H31IO4/c1-15(2)13-26-14-21(28)25(3,31-26)19-10-11-20(27)22(19)23(26)30-24(29)18-9-8-16-6-4-5-7-17(16)12-18/h4-9,12,15,19-23,28H,10-11,13-14H2,1-3H3.